The van der Waals surface area contributed by atoms with Gasteiger partial charge in [0, 0.05) is 18.1 Å². The van der Waals surface area contributed by atoms with Crippen molar-refractivity contribution in [1.82, 2.24) is 9.97 Å². The van der Waals surface area contributed by atoms with Crippen LogP contribution in [0.2, 0.25) is 0 Å². The summed E-state index contributed by atoms with van der Waals surface area (Å²) in [5.74, 6) is -0.392. The van der Waals surface area contributed by atoms with Gasteiger partial charge in [0.1, 0.15) is 12.2 Å². The van der Waals surface area contributed by atoms with E-state index in [-0.39, 0.29) is 19.0 Å². The van der Waals surface area contributed by atoms with Crippen molar-refractivity contribution in [3.8, 4) is 0 Å². The minimum atomic E-state index is -0.549. The molecule has 6 nitrogen and oxygen atoms in total. The third-order valence-corrected chi connectivity index (χ3v) is 4.36. The molecule has 6 heteroatoms. The number of furan rings is 1. The van der Waals surface area contributed by atoms with Gasteiger partial charge in [-0.3, -0.25) is 0 Å². The molecular weight excluding hydrogens is 344 g/mol. The number of hydrogen-bond acceptors (Lipinski definition) is 6. The van der Waals surface area contributed by atoms with E-state index in [2.05, 4.69) is 9.97 Å². The molecule has 0 saturated carbocycles. The van der Waals surface area contributed by atoms with Crippen LogP contribution in [0.15, 0.2) is 52.9 Å². The molecule has 4 aromatic rings. The summed E-state index contributed by atoms with van der Waals surface area (Å²) in [6.07, 6.45) is 0. The highest BCUT2D eigenvalue weighted by Crippen LogP contribution is 2.27. The highest BCUT2D eigenvalue weighted by Gasteiger charge is 2.22. The largest absolute Gasteiger partial charge is 0.453 e. The van der Waals surface area contributed by atoms with Gasteiger partial charge >= 0.3 is 5.97 Å². The maximum absolute atomic E-state index is 12.6. The normalized spacial score (nSPS) is 11.2. The second-order valence-corrected chi connectivity index (χ2v) is 6.16. The fraction of sp³-hybridized carbons (Fsp3) is 0.190. The quantitative estimate of drug-likeness (QED) is 0.496. The summed E-state index contributed by atoms with van der Waals surface area (Å²) >= 11 is 0. The number of fused-ring (bicyclic) bond motifs is 2. The number of carbonyl (C=O) groups excluding carboxylic acids is 1. The van der Waals surface area contributed by atoms with Gasteiger partial charge in [0.05, 0.1) is 29.0 Å². The number of aromatic nitrogens is 2. The lowest BCUT2D eigenvalue weighted by molar-refractivity contribution is 0.0427. The molecule has 0 amide bonds. The Morgan fingerprint density at radius 3 is 2.48 bits per heavy atom. The predicted molar refractivity (Wildman–Crippen MR) is 100 cm³/mol. The molecule has 27 heavy (non-hydrogen) atoms. The van der Waals surface area contributed by atoms with Crippen LogP contribution in [-0.2, 0) is 22.7 Å². The Bertz CT molecular complexity index is 1130. The topological polar surface area (TPSA) is 74.5 Å². The van der Waals surface area contributed by atoms with E-state index < -0.39 is 5.97 Å². The SMILES string of the molecule is COCc1c(C(=O)OCc2nc3ccccc3nc2C)oc2ccccc12. The first-order chi connectivity index (χ1) is 13.2. The average molecular weight is 362 g/mol. The van der Waals surface area contributed by atoms with Crippen molar-refractivity contribution >= 4 is 28.0 Å². The fourth-order valence-electron chi connectivity index (χ4n) is 3.01. The number of methoxy groups -OCH3 is 1. The highest BCUT2D eigenvalue weighted by atomic mass is 16.5. The van der Waals surface area contributed by atoms with Crippen LogP contribution >= 0.6 is 0 Å². The summed E-state index contributed by atoms with van der Waals surface area (Å²) in [5, 5.41) is 0.841. The summed E-state index contributed by atoms with van der Waals surface area (Å²) in [6, 6.07) is 15.0. The van der Waals surface area contributed by atoms with Gasteiger partial charge in [0.25, 0.3) is 0 Å². The molecule has 2 aromatic heterocycles. The zero-order valence-electron chi connectivity index (χ0n) is 15.1. The second-order valence-electron chi connectivity index (χ2n) is 6.16. The molecule has 0 saturated heterocycles. The zero-order chi connectivity index (χ0) is 18.8. The molecule has 0 aliphatic carbocycles. The summed E-state index contributed by atoms with van der Waals surface area (Å²) < 4.78 is 16.4. The Morgan fingerprint density at radius 2 is 1.70 bits per heavy atom. The Hall–Kier alpha value is -3.25. The minimum absolute atomic E-state index is 0.0198. The molecule has 0 aliphatic rings. The molecule has 0 unspecified atom stereocenters. The molecule has 0 fully saturated rings. The van der Waals surface area contributed by atoms with Crippen molar-refractivity contribution in [2.75, 3.05) is 7.11 Å². The van der Waals surface area contributed by atoms with Gasteiger partial charge in [-0.2, -0.15) is 0 Å². The lowest BCUT2D eigenvalue weighted by atomic mass is 10.1. The number of para-hydroxylation sites is 3. The monoisotopic (exact) mass is 362 g/mol. The summed E-state index contributed by atoms with van der Waals surface area (Å²) in [7, 11) is 1.57. The first kappa shape index (κ1) is 17.2. The van der Waals surface area contributed by atoms with E-state index in [1.54, 1.807) is 7.11 Å². The average Bonchev–Trinajstić information content (AvgIpc) is 3.05. The van der Waals surface area contributed by atoms with Crippen LogP contribution in [0.1, 0.15) is 27.5 Å². The van der Waals surface area contributed by atoms with Gasteiger partial charge in [-0.15, -0.1) is 0 Å². The van der Waals surface area contributed by atoms with Gasteiger partial charge in [-0.25, -0.2) is 14.8 Å². The molecular formula is C21H18N2O4. The Kier molecular flexibility index (Phi) is 4.56. The zero-order valence-corrected chi connectivity index (χ0v) is 15.1. The van der Waals surface area contributed by atoms with Gasteiger partial charge in [-0.1, -0.05) is 30.3 Å². The number of esters is 1. The summed E-state index contributed by atoms with van der Waals surface area (Å²) in [4.78, 5) is 21.7. The third-order valence-electron chi connectivity index (χ3n) is 4.36. The molecule has 0 bridgehead atoms. The molecule has 0 spiro atoms. The van der Waals surface area contributed by atoms with Crippen LogP contribution in [0, 0.1) is 6.92 Å². The molecule has 2 aromatic carbocycles. The maximum atomic E-state index is 12.6. The number of hydrogen-bond donors (Lipinski definition) is 0. The van der Waals surface area contributed by atoms with Crippen LogP contribution in [0.5, 0.6) is 0 Å². The second kappa shape index (κ2) is 7.17. The number of carbonyl (C=O) groups is 1. The van der Waals surface area contributed by atoms with Gasteiger partial charge in [0.2, 0.25) is 5.76 Å². The van der Waals surface area contributed by atoms with Crippen molar-refractivity contribution < 1.29 is 18.7 Å². The Labute approximate surface area is 155 Å². The van der Waals surface area contributed by atoms with E-state index in [9.17, 15) is 4.79 Å². The van der Waals surface area contributed by atoms with Crippen molar-refractivity contribution in [2.24, 2.45) is 0 Å². The van der Waals surface area contributed by atoms with Crippen LogP contribution in [0.25, 0.3) is 22.0 Å². The molecule has 0 aliphatic heterocycles. The number of nitrogens with zero attached hydrogens (tertiary/aromatic N) is 2. The van der Waals surface area contributed by atoms with Crippen molar-refractivity contribution in [1.29, 1.82) is 0 Å². The van der Waals surface area contributed by atoms with Crippen LogP contribution in [0.4, 0.5) is 0 Å². The van der Waals surface area contributed by atoms with Gasteiger partial charge in [0.15, 0.2) is 0 Å². The van der Waals surface area contributed by atoms with E-state index in [0.717, 1.165) is 22.1 Å². The fourth-order valence-corrected chi connectivity index (χ4v) is 3.01. The molecule has 136 valence electrons. The first-order valence-corrected chi connectivity index (χ1v) is 8.56. The van der Waals surface area contributed by atoms with Gasteiger partial charge < -0.3 is 13.9 Å². The van der Waals surface area contributed by atoms with Crippen molar-refractivity contribution in [3.63, 3.8) is 0 Å². The van der Waals surface area contributed by atoms with Crippen LogP contribution in [-0.4, -0.2) is 23.0 Å². The predicted octanol–water partition coefficient (Wildman–Crippen LogP) is 4.19. The number of aryl methyl sites for hydroxylation is 1. The Morgan fingerprint density at radius 1 is 1.00 bits per heavy atom. The van der Waals surface area contributed by atoms with E-state index in [4.69, 9.17) is 13.9 Å². The van der Waals surface area contributed by atoms with E-state index >= 15 is 0 Å². The van der Waals surface area contributed by atoms with E-state index in [1.165, 1.54) is 0 Å². The van der Waals surface area contributed by atoms with Gasteiger partial charge in [-0.05, 0) is 25.1 Å². The summed E-state index contributed by atoms with van der Waals surface area (Å²) in [5.41, 5.74) is 4.22. The summed E-state index contributed by atoms with van der Waals surface area (Å²) in [6.45, 7) is 2.13. The maximum Gasteiger partial charge on any atom is 0.375 e. The molecule has 2 heterocycles. The van der Waals surface area contributed by atoms with Crippen molar-refractivity contribution in [3.05, 3.63) is 71.2 Å². The lowest BCUT2D eigenvalue weighted by Crippen LogP contribution is -2.09. The van der Waals surface area contributed by atoms with E-state index in [0.29, 0.717) is 16.8 Å². The minimum Gasteiger partial charge on any atom is -0.453 e. The van der Waals surface area contributed by atoms with Crippen LogP contribution < -0.4 is 0 Å². The lowest BCUT2D eigenvalue weighted by Gasteiger charge is -2.08. The standard InChI is InChI=1S/C21H18N2O4/c1-13-18(23-17-9-5-4-8-16(17)22-13)12-26-21(24)20-15(11-25-2)14-7-3-6-10-19(14)27-20/h3-10H,11-12H2,1-2H3. The molecule has 0 N–H and O–H groups in total. The van der Waals surface area contributed by atoms with Crippen molar-refractivity contribution in [2.45, 2.75) is 20.1 Å². The number of benzene rings is 2. The van der Waals surface area contributed by atoms with Crippen LogP contribution in [0.3, 0.4) is 0 Å². The smallest absolute Gasteiger partial charge is 0.375 e. The number of ether oxygens (including phenoxy) is 2. The number of rotatable bonds is 5. The molecule has 4 rings (SSSR count). The first-order valence-electron chi connectivity index (χ1n) is 8.56. The third kappa shape index (κ3) is 3.27. The molecule has 0 atom stereocenters. The Balaban J connectivity index is 1.61. The highest BCUT2D eigenvalue weighted by molar-refractivity contribution is 5.96. The van der Waals surface area contributed by atoms with E-state index in [1.807, 2.05) is 55.5 Å². The molecule has 0 radical (unpaired) electrons.